The second kappa shape index (κ2) is 11.2. The van der Waals surface area contributed by atoms with Gasteiger partial charge in [-0.05, 0) is 74.1 Å². The number of carbonyl (C=O) groups excluding carboxylic acids is 1. The third-order valence-corrected chi connectivity index (χ3v) is 8.15. The minimum atomic E-state index is -3.44. The van der Waals surface area contributed by atoms with Crippen LogP contribution in [-0.4, -0.2) is 44.9 Å². The van der Waals surface area contributed by atoms with Crippen molar-refractivity contribution < 1.29 is 17.9 Å². The zero-order valence-electron chi connectivity index (χ0n) is 18.7. The Balaban J connectivity index is 1.46. The summed E-state index contributed by atoms with van der Waals surface area (Å²) >= 11 is 6.15. The smallest absolute Gasteiger partial charge is 0.257 e. The Morgan fingerprint density at radius 1 is 1.03 bits per heavy atom. The highest BCUT2D eigenvalue weighted by atomic mass is 35.5. The Morgan fingerprint density at radius 2 is 1.62 bits per heavy atom. The van der Waals surface area contributed by atoms with E-state index < -0.39 is 10.0 Å². The number of carbonyl (C=O) groups is 1. The van der Waals surface area contributed by atoms with Crippen LogP contribution in [0.5, 0.6) is 5.75 Å². The maximum Gasteiger partial charge on any atom is 0.257 e. The molecule has 174 valence electrons. The van der Waals surface area contributed by atoms with Crippen LogP contribution in [0.4, 0.5) is 0 Å². The normalized spacial score (nSPS) is 15.2. The fourth-order valence-electron chi connectivity index (χ4n) is 3.79. The van der Waals surface area contributed by atoms with Gasteiger partial charge in [-0.1, -0.05) is 36.6 Å². The molecule has 32 heavy (non-hydrogen) atoms. The Morgan fingerprint density at radius 3 is 2.22 bits per heavy atom. The summed E-state index contributed by atoms with van der Waals surface area (Å²) in [7, 11) is -3.44. The molecule has 6 nitrogen and oxygen atoms in total. The van der Waals surface area contributed by atoms with E-state index in [1.165, 1.54) is 0 Å². The van der Waals surface area contributed by atoms with Crippen molar-refractivity contribution >= 4 is 27.5 Å². The number of hydrogen-bond acceptors (Lipinski definition) is 4. The van der Waals surface area contributed by atoms with Crippen molar-refractivity contribution in [2.24, 2.45) is 0 Å². The molecule has 2 aromatic rings. The first-order chi connectivity index (χ1) is 15.3. The standard InChI is InChI=1S/C24H31ClN2O4S/c1-18-15-21(16-19(2)24(18)25)31-17-23(28)26-12-11-20-7-9-22(10-8-20)32(29,30)27-13-5-3-4-6-14-27/h7-10,15-16H,3-6,11-14,17H2,1-2H3,(H,26,28). The minimum absolute atomic E-state index is 0.0759. The summed E-state index contributed by atoms with van der Waals surface area (Å²) in [6.07, 6.45) is 4.60. The summed E-state index contributed by atoms with van der Waals surface area (Å²) < 4.78 is 32.9. The van der Waals surface area contributed by atoms with Crippen LogP contribution in [-0.2, 0) is 21.2 Å². The lowest BCUT2D eigenvalue weighted by Gasteiger charge is -2.20. The summed E-state index contributed by atoms with van der Waals surface area (Å²) in [5, 5.41) is 3.53. The molecule has 1 saturated heterocycles. The quantitative estimate of drug-likeness (QED) is 0.615. The first kappa shape index (κ1) is 24.6. The fraction of sp³-hybridized carbons (Fsp3) is 0.458. The first-order valence-corrected chi connectivity index (χ1v) is 12.8. The molecule has 0 atom stereocenters. The summed E-state index contributed by atoms with van der Waals surface area (Å²) in [6.45, 7) is 5.34. The minimum Gasteiger partial charge on any atom is -0.484 e. The Kier molecular flexibility index (Phi) is 8.57. The molecule has 8 heteroatoms. The molecule has 0 bridgehead atoms. The largest absolute Gasteiger partial charge is 0.484 e. The van der Waals surface area contributed by atoms with Crippen LogP contribution in [0.25, 0.3) is 0 Å². The van der Waals surface area contributed by atoms with E-state index >= 15 is 0 Å². The number of aryl methyl sites for hydroxylation is 2. The van der Waals surface area contributed by atoms with Crippen molar-refractivity contribution in [1.82, 2.24) is 9.62 Å². The molecule has 0 unspecified atom stereocenters. The number of nitrogens with zero attached hydrogens (tertiary/aromatic N) is 1. The molecule has 2 aromatic carbocycles. The monoisotopic (exact) mass is 478 g/mol. The second-order valence-electron chi connectivity index (χ2n) is 8.22. The van der Waals surface area contributed by atoms with Gasteiger partial charge < -0.3 is 10.1 Å². The molecule has 1 aliphatic rings. The molecule has 1 amide bonds. The van der Waals surface area contributed by atoms with E-state index in [0.717, 1.165) is 42.4 Å². The van der Waals surface area contributed by atoms with Crippen molar-refractivity contribution in [2.75, 3.05) is 26.2 Å². The summed E-state index contributed by atoms with van der Waals surface area (Å²) in [5.74, 6) is 0.399. The highest BCUT2D eigenvalue weighted by Crippen LogP contribution is 2.26. The second-order valence-corrected chi connectivity index (χ2v) is 10.5. The van der Waals surface area contributed by atoms with Crippen molar-refractivity contribution in [3.05, 3.63) is 58.1 Å². The number of rotatable bonds is 8. The molecule has 1 heterocycles. The highest BCUT2D eigenvalue weighted by Gasteiger charge is 2.24. The Bertz CT molecular complexity index is 1010. The number of ether oxygens (including phenoxy) is 1. The molecule has 1 fully saturated rings. The van der Waals surface area contributed by atoms with Gasteiger partial charge in [0.2, 0.25) is 10.0 Å². The lowest BCUT2D eigenvalue weighted by Crippen LogP contribution is -2.32. The lowest BCUT2D eigenvalue weighted by molar-refractivity contribution is -0.123. The molecule has 0 aliphatic carbocycles. The van der Waals surface area contributed by atoms with Gasteiger partial charge >= 0.3 is 0 Å². The van der Waals surface area contributed by atoms with E-state index in [9.17, 15) is 13.2 Å². The van der Waals surface area contributed by atoms with E-state index in [1.807, 2.05) is 38.1 Å². The van der Waals surface area contributed by atoms with Crippen molar-refractivity contribution in [2.45, 2.75) is 50.8 Å². The van der Waals surface area contributed by atoms with Gasteiger partial charge in [0, 0.05) is 24.7 Å². The van der Waals surface area contributed by atoms with Crippen LogP contribution >= 0.6 is 11.6 Å². The molecular formula is C24H31ClN2O4S. The maximum atomic E-state index is 12.9. The van der Waals surface area contributed by atoms with Crippen molar-refractivity contribution in [3.63, 3.8) is 0 Å². The van der Waals surface area contributed by atoms with Gasteiger partial charge in [-0.2, -0.15) is 4.31 Å². The van der Waals surface area contributed by atoms with Gasteiger partial charge in [-0.15, -0.1) is 0 Å². The zero-order chi connectivity index (χ0) is 23.1. The molecule has 0 saturated carbocycles. The molecule has 3 rings (SSSR count). The van der Waals surface area contributed by atoms with E-state index in [1.54, 1.807) is 16.4 Å². The summed E-state index contributed by atoms with van der Waals surface area (Å²) in [4.78, 5) is 12.4. The van der Waals surface area contributed by atoms with E-state index in [-0.39, 0.29) is 12.5 Å². The number of hydrogen-bond donors (Lipinski definition) is 1. The van der Waals surface area contributed by atoms with Gasteiger partial charge in [-0.25, -0.2) is 8.42 Å². The molecule has 1 aliphatic heterocycles. The predicted octanol–water partition coefficient (Wildman–Crippen LogP) is 4.26. The molecule has 0 aromatic heterocycles. The lowest BCUT2D eigenvalue weighted by atomic mass is 10.1. The number of nitrogens with one attached hydrogen (secondary N) is 1. The molecule has 0 spiro atoms. The van der Waals surface area contributed by atoms with Crippen LogP contribution in [0.3, 0.4) is 0 Å². The van der Waals surface area contributed by atoms with Crippen LogP contribution < -0.4 is 10.1 Å². The van der Waals surface area contributed by atoms with E-state index in [2.05, 4.69) is 5.32 Å². The van der Waals surface area contributed by atoms with Crippen molar-refractivity contribution in [3.8, 4) is 5.75 Å². The molecule has 1 N–H and O–H groups in total. The van der Waals surface area contributed by atoms with Crippen LogP contribution in [0.15, 0.2) is 41.3 Å². The number of benzene rings is 2. The highest BCUT2D eigenvalue weighted by molar-refractivity contribution is 7.89. The van der Waals surface area contributed by atoms with Crippen LogP contribution in [0, 0.1) is 13.8 Å². The van der Waals surface area contributed by atoms with Gasteiger partial charge in [0.1, 0.15) is 5.75 Å². The zero-order valence-corrected chi connectivity index (χ0v) is 20.3. The Hall–Kier alpha value is -2.09. The first-order valence-electron chi connectivity index (χ1n) is 11.0. The van der Waals surface area contributed by atoms with Gasteiger partial charge in [0.15, 0.2) is 6.61 Å². The summed E-state index contributed by atoms with van der Waals surface area (Å²) in [6, 6.07) is 10.6. The van der Waals surface area contributed by atoms with Gasteiger partial charge in [-0.3, -0.25) is 4.79 Å². The van der Waals surface area contributed by atoms with Crippen LogP contribution in [0.2, 0.25) is 5.02 Å². The van der Waals surface area contributed by atoms with E-state index in [0.29, 0.717) is 41.7 Å². The molecule has 0 radical (unpaired) electrons. The SMILES string of the molecule is Cc1cc(OCC(=O)NCCc2ccc(S(=O)(=O)N3CCCCCC3)cc2)cc(C)c1Cl. The number of halogens is 1. The van der Waals surface area contributed by atoms with Gasteiger partial charge in [0.05, 0.1) is 4.90 Å². The maximum absolute atomic E-state index is 12.9. The van der Waals surface area contributed by atoms with Gasteiger partial charge in [0.25, 0.3) is 5.91 Å². The predicted molar refractivity (Wildman–Crippen MR) is 127 cm³/mol. The average Bonchev–Trinajstić information content (AvgIpc) is 3.06. The number of sulfonamides is 1. The van der Waals surface area contributed by atoms with E-state index in [4.69, 9.17) is 16.3 Å². The fourth-order valence-corrected chi connectivity index (χ4v) is 5.42. The Labute approximate surface area is 196 Å². The molecular weight excluding hydrogens is 448 g/mol. The third kappa shape index (κ3) is 6.47. The topological polar surface area (TPSA) is 75.7 Å². The average molecular weight is 479 g/mol. The van der Waals surface area contributed by atoms with Crippen molar-refractivity contribution in [1.29, 1.82) is 0 Å². The summed E-state index contributed by atoms with van der Waals surface area (Å²) in [5.41, 5.74) is 2.77. The third-order valence-electron chi connectivity index (χ3n) is 5.64. The number of amides is 1. The van der Waals surface area contributed by atoms with Crippen LogP contribution in [0.1, 0.15) is 42.4 Å².